The Morgan fingerprint density at radius 2 is 1.76 bits per heavy atom. The predicted octanol–water partition coefficient (Wildman–Crippen LogP) is 4.09. The number of benzene rings is 1. The molecule has 2 aliphatic heterocycles. The first-order valence-corrected chi connectivity index (χ1v) is 11.9. The Hall–Kier alpha value is -2.90. The van der Waals surface area contributed by atoms with Crippen LogP contribution in [0.3, 0.4) is 0 Å². The van der Waals surface area contributed by atoms with E-state index in [1.807, 2.05) is 53.4 Å². The summed E-state index contributed by atoms with van der Waals surface area (Å²) in [5, 5.41) is 4.70. The van der Waals surface area contributed by atoms with E-state index >= 15 is 0 Å². The SMILES string of the molecule is CC1CN(CC2CCN(C(=O)c3cc(-c4ccco4)nn3-c3ccccc3)CC2)CC(C)O1. The number of morpholine rings is 1. The Kier molecular flexibility index (Phi) is 6.33. The summed E-state index contributed by atoms with van der Waals surface area (Å²) in [5.74, 6) is 1.30. The van der Waals surface area contributed by atoms with E-state index in [-0.39, 0.29) is 18.1 Å². The lowest BCUT2D eigenvalue weighted by molar-refractivity contribution is -0.0728. The fraction of sp³-hybridized carbons (Fsp3) is 0.462. The van der Waals surface area contributed by atoms with Crippen molar-refractivity contribution in [2.24, 2.45) is 5.92 Å². The smallest absolute Gasteiger partial charge is 0.272 e. The summed E-state index contributed by atoms with van der Waals surface area (Å²) in [6.07, 6.45) is 4.25. The van der Waals surface area contributed by atoms with Gasteiger partial charge in [-0.25, -0.2) is 4.68 Å². The highest BCUT2D eigenvalue weighted by molar-refractivity contribution is 5.94. The minimum absolute atomic E-state index is 0.0243. The van der Waals surface area contributed by atoms with Crippen LogP contribution in [0.5, 0.6) is 0 Å². The zero-order valence-corrected chi connectivity index (χ0v) is 19.4. The quantitative estimate of drug-likeness (QED) is 0.588. The second-order valence-electron chi connectivity index (χ2n) is 9.35. The van der Waals surface area contributed by atoms with Gasteiger partial charge >= 0.3 is 0 Å². The van der Waals surface area contributed by atoms with E-state index in [1.54, 1.807) is 10.9 Å². The van der Waals surface area contributed by atoms with Crippen LogP contribution in [0.1, 0.15) is 37.2 Å². The molecule has 1 amide bonds. The van der Waals surface area contributed by atoms with Crippen molar-refractivity contribution in [3.63, 3.8) is 0 Å². The van der Waals surface area contributed by atoms with Crippen molar-refractivity contribution in [1.29, 1.82) is 0 Å². The molecule has 0 aliphatic carbocycles. The molecule has 2 aromatic heterocycles. The first-order valence-electron chi connectivity index (χ1n) is 11.9. The monoisotopic (exact) mass is 448 g/mol. The summed E-state index contributed by atoms with van der Waals surface area (Å²) in [6.45, 7) is 8.92. The van der Waals surface area contributed by atoms with Gasteiger partial charge in [-0.15, -0.1) is 0 Å². The molecule has 5 rings (SSSR count). The first-order chi connectivity index (χ1) is 16.1. The summed E-state index contributed by atoms with van der Waals surface area (Å²) in [5.41, 5.74) is 2.10. The number of rotatable bonds is 5. The van der Waals surface area contributed by atoms with Crippen molar-refractivity contribution in [2.45, 2.75) is 38.9 Å². The highest BCUT2D eigenvalue weighted by atomic mass is 16.5. The number of aromatic nitrogens is 2. The topological polar surface area (TPSA) is 63.7 Å². The van der Waals surface area contributed by atoms with Crippen molar-refractivity contribution in [3.05, 3.63) is 60.5 Å². The molecule has 2 fully saturated rings. The van der Waals surface area contributed by atoms with Crippen molar-refractivity contribution in [2.75, 3.05) is 32.7 Å². The average Bonchev–Trinajstić information content (AvgIpc) is 3.49. The molecule has 2 aliphatic rings. The molecule has 0 saturated carbocycles. The summed E-state index contributed by atoms with van der Waals surface area (Å²) in [4.78, 5) is 18.1. The fourth-order valence-electron chi connectivity index (χ4n) is 5.12. The highest BCUT2D eigenvalue weighted by Gasteiger charge is 2.30. The van der Waals surface area contributed by atoms with E-state index in [1.165, 1.54) is 0 Å². The van der Waals surface area contributed by atoms with E-state index in [4.69, 9.17) is 14.3 Å². The van der Waals surface area contributed by atoms with E-state index < -0.39 is 0 Å². The van der Waals surface area contributed by atoms with Gasteiger partial charge in [0, 0.05) is 38.8 Å². The van der Waals surface area contributed by atoms with Gasteiger partial charge in [-0.2, -0.15) is 5.10 Å². The summed E-state index contributed by atoms with van der Waals surface area (Å²) >= 11 is 0. The zero-order valence-electron chi connectivity index (χ0n) is 19.4. The lowest BCUT2D eigenvalue weighted by Gasteiger charge is -2.39. The minimum Gasteiger partial charge on any atom is -0.463 e. The normalized spacial score (nSPS) is 22.5. The van der Waals surface area contributed by atoms with Crippen LogP contribution in [0.4, 0.5) is 0 Å². The van der Waals surface area contributed by atoms with Crippen LogP contribution in [-0.4, -0.2) is 70.4 Å². The molecular formula is C26H32N4O3. The molecule has 4 heterocycles. The first kappa shape index (κ1) is 21.9. The van der Waals surface area contributed by atoms with Crippen LogP contribution in [0, 0.1) is 5.92 Å². The van der Waals surface area contributed by atoms with E-state index in [9.17, 15) is 4.79 Å². The number of carbonyl (C=O) groups is 1. The molecule has 2 unspecified atom stereocenters. The van der Waals surface area contributed by atoms with Crippen LogP contribution in [0.15, 0.2) is 59.2 Å². The number of hydrogen-bond acceptors (Lipinski definition) is 5. The van der Waals surface area contributed by atoms with Gasteiger partial charge in [0.15, 0.2) is 5.76 Å². The van der Waals surface area contributed by atoms with Crippen LogP contribution >= 0.6 is 0 Å². The number of hydrogen-bond donors (Lipinski definition) is 0. The van der Waals surface area contributed by atoms with E-state index in [2.05, 4.69) is 18.7 Å². The average molecular weight is 449 g/mol. The van der Waals surface area contributed by atoms with E-state index in [0.29, 0.717) is 23.1 Å². The number of nitrogens with zero attached hydrogens (tertiary/aromatic N) is 4. The second-order valence-corrected chi connectivity index (χ2v) is 9.35. The molecule has 0 spiro atoms. The van der Waals surface area contributed by atoms with Crippen molar-refractivity contribution >= 4 is 5.91 Å². The minimum atomic E-state index is 0.0243. The Labute approximate surface area is 194 Å². The molecular weight excluding hydrogens is 416 g/mol. The maximum atomic E-state index is 13.6. The molecule has 1 aromatic carbocycles. The standard InChI is InChI=1S/C26H32N4O3/c1-19-16-28(17-20(2)33-19)18-21-10-12-29(13-11-21)26(31)24-15-23(25-9-6-14-32-25)27-30(24)22-7-4-3-5-8-22/h3-9,14-15,19-21H,10-13,16-18H2,1-2H3. The number of carbonyl (C=O) groups excluding carboxylic acids is 1. The number of likely N-dealkylation sites (tertiary alicyclic amines) is 1. The van der Waals surface area contributed by atoms with Crippen LogP contribution in [0.2, 0.25) is 0 Å². The molecule has 174 valence electrons. The van der Waals surface area contributed by atoms with Crippen molar-refractivity contribution < 1.29 is 13.9 Å². The van der Waals surface area contributed by atoms with Crippen LogP contribution in [0.25, 0.3) is 17.1 Å². The van der Waals surface area contributed by atoms with Gasteiger partial charge in [0.2, 0.25) is 0 Å². The van der Waals surface area contributed by atoms with Crippen molar-refractivity contribution in [3.8, 4) is 17.1 Å². The molecule has 33 heavy (non-hydrogen) atoms. The highest BCUT2D eigenvalue weighted by Crippen LogP contribution is 2.26. The largest absolute Gasteiger partial charge is 0.463 e. The maximum absolute atomic E-state index is 13.6. The molecule has 0 bridgehead atoms. The fourth-order valence-corrected chi connectivity index (χ4v) is 5.12. The van der Waals surface area contributed by atoms with Gasteiger partial charge < -0.3 is 14.1 Å². The molecule has 3 aromatic rings. The predicted molar refractivity (Wildman–Crippen MR) is 126 cm³/mol. The van der Waals surface area contributed by atoms with Gasteiger partial charge in [0.25, 0.3) is 5.91 Å². The molecule has 0 radical (unpaired) electrons. The number of piperidine rings is 1. The Morgan fingerprint density at radius 3 is 2.42 bits per heavy atom. The van der Waals surface area contributed by atoms with Gasteiger partial charge in [-0.1, -0.05) is 18.2 Å². The molecule has 7 heteroatoms. The number of ether oxygens (including phenoxy) is 1. The Balaban J connectivity index is 1.29. The third kappa shape index (κ3) is 4.89. The van der Waals surface area contributed by atoms with Gasteiger partial charge in [0.1, 0.15) is 11.4 Å². The van der Waals surface area contributed by atoms with Crippen LogP contribution < -0.4 is 0 Å². The maximum Gasteiger partial charge on any atom is 0.272 e. The van der Waals surface area contributed by atoms with Crippen molar-refractivity contribution in [1.82, 2.24) is 19.6 Å². The molecule has 7 nitrogen and oxygen atoms in total. The zero-order chi connectivity index (χ0) is 22.8. The van der Waals surface area contributed by atoms with Crippen LogP contribution in [-0.2, 0) is 4.74 Å². The number of para-hydroxylation sites is 1. The Morgan fingerprint density at radius 1 is 1.03 bits per heavy atom. The Bertz CT molecular complexity index is 1040. The number of furan rings is 1. The van der Waals surface area contributed by atoms with E-state index in [0.717, 1.165) is 51.3 Å². The number of amides is 1. The molecule has 0 N–H and O–H groups in total. The lowest BCUT2D eigenvalue weighted by atomic mass is 9.95. The summed E-state index contributed by atoms with van der Waals surface area (Å²) < 4.78 is 13.1. The summed E-state index contributed by atoms with van der Waals surface area (Å²) in [6, 6.07) is 15.3. The molecule has 2 atom stereocenters. The van der Waals surface area contributed by atoms with Gasteiger partial charge in [-0.05, 0) is 56.9 Å². The second kappa shape index (κ2) is 9.53. The van der Waals surface area contributed by atoms with Gasteiger partial charge in [-0.3, -0.25) is 9.69 Å². The molecule has 2 saturated heterocycles. The lowest BCUT2D eigenvalue weighted by Crippen LogP contribution is -2.48. The summed E-state index contributed by atoms with van der Waals surface area (Å²) in [7, 11) is 0. The third-order valence-corrected chi connectivity index (χ3v) is 6.62. The third-order valence-electron chi connectivity index (χ3n) is 6.62. The van der Waals surface area contributed by atoms with Gasteiger partial charge in [0.05, 0.1) is 24.2 Å².